The third-order valence-corrected chi connectivity index (χ3v) is 3.59. The summed E-state index contributed by atoms with van der Waals surface area (Å²) in [6.45, 7) is 2.11. The van der Waals surface area contributed by atoms with Gasteiger partial charge in [0.15, 0.2) is 0 Å². The number of aromatic nitrogens is 1. The van der Waals surface area contributed by atoms with Crippen molar-refractivity contribution in [2.24, 2.45) is 5.10 Å². The maximum Gasteiger partial charge on any atom is 0.488 e. The fourth-order valence-electron chi connectivity index (χ4n) is 1.72. The van der Waals surface area contributed by atoms with E-state index in [1.165, 1.54) is 11.3 Å². The highest BCUT2D eigenvalue weighted by Gasteiger charge is 2.09. The normalized spacial score (nSPS) is 10.7. The summed E-state index contributed by atoms with van der Waals surface area (Å²) in [6.07, 6.45) is 1.72. The van der Waals surface area contributed by atoms with Crippen LogP contribution >= 0.6 is 11.3 Å². The molecule has 23 heavy (non-hydrogen) atoms. The molecule has 2 aromatic rings. The van der Waals surface area contributed by atoms with Crippen molar-refractivity contribution in [3.8, 4) is 0 Å². The van der Waals surface area contributed by atoms with E-state index in [-0.39, 0.29) is 12.4 Å². The Hall–Kier alpha value is -2.23. The van der Waals surface area contributed by atoms with Gasteiger partial charge < -0.3 is 14.8 Å². The number of hydrogen-bond donors (Lipinski definition) is 3. The molecule has 0 saturated heterocycles. The molecule has 3 N–H and O–H groups in total. The number of thiazole rings is 1. The summed E-state index contributed by atoms with van der Waals surface area (Å²) in [4.78, 5) is 15.6. The van der Waals surface area contributed by atoms with Crippen LogP contribution in [0.5, 0.6) is 0 Å². The van der Waals surface area contributed by atoms with Gasteiger partial charge in [0.1, 0.15) is 0 Å². The lowest BCUT2D eigenvalue weighted by Crippen LogP contribution is -2.29. The highest BCUT2D eigenvalue weighted by Crippen LogP contribution is 2.16. The molecule has 0 fully saturated rings. The summed E-state index contributed by atoms with van der Waals surface area (Å²) < 4.78 is 4.86. The average Bonchev–Trinajstić information content (AvgIpc) is 2.95. The summed E-state index contributed by atoms with van der Waals surface area (Å²) in [5, 5.41) is 24.4. The van der Waals surface area contributed by atoms with Crippen LogP contribution in [0.15, 0.2) is 34.7 Å². The number of hydrazone groups is 1. The Balaban J connectivity index is 1.88. The average molecular weight is 333 g/mol. The zero-order valence-corrected chi connectivity index (χ0v) is 13.3. The smallest absolute Gasteiger partial charge is 0.466 e. The largest absolute Gasteiger partial charge is 0.488 e. The van der Waals surface area contributed by atoms with Gasteiger partial charge in [-0.25, -0.2) is 4.98 Å². The van der Waals surface area contributed by atoms with Gasteiger partial charge in [-0.2, -0.15) is 5.10 Å². The standard InChI is InChI=1S/C14H16BN3O4S/c1-2-22-13(19)7-12-9-23-14(17-12)18-16-8-10-3-5-11(6-4-10)15(20)21/h3-6,8-9,20-21H,2,7H2,1H3,(H,17,18). The summed E-state index contributed by atoms with van der Waals surface area (Å²) in [5.41, 5.74) is 4.63. The predicted octanol–water partition coefficient (Wildman–Crippen LogP) is 0.374. The highest BCUT2D eigenvalue weighted by molar-refractivity contribution is 7.13. The van der Waals surface area contributed by atoms with Crippen molar-refractivity contribution in [2.45, 2.75) is 13.3 Å². The van der Waals surface area contributed by atoms with Gasteiger partial charge in [0.25, 0.3) is 0 Å². The molecular formula is C14H16BN3O4S. The van der Waals surface area contributed by atoms with Crippen molar-refractivity contribution in [1.29, 1.82) is 0 Å². The SMILES string of the molecule is CCOC(=O)Cc1csc(NN=Cc2ccc(B(O)O)cc2)n1. The number of hydrogen-bond acceptors (Lipinski definition) is 8. The molecule has 0 atom stereocenters. The fourth-order valence-corrected chi connectivity index (χ4v) is 2.37. The van der Waals surface area contributed by atoms with Crippen molar-refractivity contribution >= 4 is 41.2 Å². The number of anilines is 1. The van der Waals surface area contributed by atoms with Crippen molar-refractivity contribution in [2.75, 3.05) is 12.0 Å². The molecule has 0 amide bonds. The van der Waals surface area contributed by atoms with Gasteiger partial charge in [0.05, 0.1) is 24.9 Å². The van der Waals surface area contributed by atoms with Crippen LogP contribution in [0.3, 0.4) is 0 Å². The van der Waals surface area contributed by atoms with Gasteiger partial charge in [-0.1, -0.05) is 24.3 Å². The lowest BCUT2D eigenvalue weighted by Gasteiger charge is -1.99. The van der Waals surface area contributed by atoms with Crippen molar-refractivity contribution in [3.05, 3.63) is 40.9 Å². The minimum atomic E-state index is -1.48. The lowest BCUT2D eigenvalue weighted by molar-refractivity contribution is -0.142. The number of esters is 1. The molecule has 1 aromatic carbocycles. The Labute approximate surface area is 137 Å². The third kappa shape index (κ3) is 5.48. The van der Waals surface area contributed by atoms with Crippen LogP contribution in [0.25, 0.3) is 0 Å². The first-order chi connectivity index (χ1) is 11.1. The van der Waals surface area contributed by atoms with Crippen molar-refractivity contribution in [3.63, 3.8) is 0 Å². The van der Waals surface area contributed by atoms with Crippen LogP contribution in [0.2, 0.25) is 0 Å². The Bertz CT molecular complexity index is 673. The summed E-state index contributed by atoms with van der Waals surface area (Å²) >= 11 is 1.34. The summed E-state index contributed by atoms with van der Waals surface area (Å²) in [5.74, 6) is -0.306. The Morgan fingerprint density at radius 2 is 2.17 bits per heavy atom. The molecule has 0 bridgehead atoms. The molecule has 0 aliphatic rings. The van der Waals surface area contributed by atoms with Gasteiger partial charge >= 0.3 is 13.1 Å². The van der Waals surface area contributed by atoms with Gasteiger partial charge in [-0.05, 0) is 17.9 Å². The van der Waals surface area contributed by atoms with Crippen LogP contribution in [0.1, 0.15) is 18.2 Å². The Kier molecular flexibility index (Phi) is 6.27. The van der Waals surface area contributed by atoms with E-state index in [1.807, 2.05) is 0 Å². The molecule has 0 aliphatic heterocycles. The third-order valence-electron chi connectivity index (χ3n) is 2.79. The van der Waals surface area contributed by atoms with E-state index in [0.717, 1.165) is 5.56 Å². The minimum absolute atomic E-state index is 0.140. The lowest BCUT2D eigenvalue weighted by atomic mass is 9.80. The number of ether oxygens (including phenoxy) is 1. The van der Waals surface area contributed by atoms with E-state index >= 15 is 0 Å². The maximum absolute atomic E-state index is 11.4. The Morgan fingerprint density at radius 3 is 2.83 bits per heavy atom. The number of rotatable bonds is 7. The molecule has 7 nitrogen and oxygen atoms in total. The molecule has 120 valence electrons. The van der Waals surface area contributed by atoms with Crippen molar-refractivity contribution in [1.82, 2.24) is 4.98 Å². The van der Waals surface area contributed by atoms with Crippen LogP contribution < -0.4 is 10.9 Å². The number of nitrogens with zero attached hydrogens (tertiary/aromatic N) is 2. The van der Waals surface area contributed by atoms with Gasteiger partial charge in [0.2, 0.25) is 5.13 Å². The number of nitrogens with one attached hydrogen (secondary N) is 1. The van der Waals surface area contributed by atoms with Crippen molar-refractivity contribution < 1.29 is 19.6 Å². The molecule has 0 unspecified atom stereocenters. The zero-order chi connectivity index (χ0) is 16.7. The van der Waals surface area contributed by atoms with Crippen LogP contribution in [-0.4, -0.2) is 40.9 Å². The monoisotopic (exact) mass is 333 g/mol. The molecule has 0 radical (unpaired) electrons. The van der Waals surface area contributed by atoms with Gasteiger partial charge in [-0.3, -0.25) is 10.2 Å². The number of benzene rings is 1. The number of carbonyl (C=O) groups is 1. The maximum atomic E-state index is 11.4. The second kappa shape index (κ2) is 8.42. The second-order valence-electron chi connectivity index (χ2n) is 4.54. The molecule has 0 aliphatic carbocycles. The van der Waals surface area contributed by atoms with E-state index < -0.39 is 7.12 Å². The summed E-state index contributed by atoms with van der Waals surface area (Å²) in [7, 11) is -1.48. The van der Waals surface area contributed by atoms with Crippen LogP contribution in [-0.2, 0) is 16.0 Å². The first-order valence-electron chi connectivity index (χ1n) is 6.93. The quantitative estimate of drug-likeness (QED) is 0.293. The minimum Gasteiger partial charge on any atom is -0.466 e. The molecule has 1 heterocycles. The summed E-state index contributed by atoms with van der Waals surface area (Å²) in [6, 6.07) is 6.64. The van der Waals surface area contributed by atoms with E-state index in [1.54, 1.807) is 42.8 Å². The second-order valence-corrected chi connectivity index (χ2v) is 5.39. The molecule has 0 spiro atoms. The zero-order valence-electron chi connectivity index (χ0n) is 12.5. The first-order valence-corrected chi connectivity index (χ1v) is 7.81. The number of carbonyl (C=O) groups excluding carboxylic acids is 1. The predicted molar refractivity (Wildman–Crippen MR) is 89.9 cm³/mol. The molecule has 0 saturated carbocycles. The molecule has 1 aromatic heterocycles. The topological polar surface area (TPSA) is 104 Å². The van der Waals surface area contributed by atoms with Gasteiger partial charge in [-0.15, -0.1) is 11.3 Å². The van der Waals surface area contributed by atoms with E-state index in [4.69, 9.17) is 14.8 Å². The fraction of sp³-hybridized carbons (Fsp3) is 0.214. The Morgan fingerprint density at radius 1 is 1.43 bits per heavy atom. The van der Waals surface area contributed by atoms with E-state index in [0.29, 0.717) is 22.9 Å². The highest BCUT2D eigenvalue weighted by atomic mass is 32.1. The van der Waals surface area contributed by atoms with Crippen LogP contribution in [0.4, 0.5) is 5.13 Å². The van der Waals surface area contributed by atoms with E-state index in [9.17, 15) is 4.79 Å². The molecule has 9 heteroatoms. The van der Waals surface area contributed by atoms with E-state index in [2.05, 4.69) is 15.5 Å². The van der Waals surface area contributed by atoms with Gasteiger partial charge in [0, 0.05) is 5.38 Å². The molecule has 2 rings (SSSR count). The molecular weight excluding hydrogens is 317 g/mol. The van der Waals surface area contributed by atoms with Crippen LogP contribution in [0, 0.1) is 0 Å². The first kappa shape index (κ1) is 17.1.